The monoisotopic (exact) mass is 365 g/mol. The van der Waals surface area contributed by atoms with Crippen molar-refractivity contribution in [3.05, 3.63) is 29.8 Å². The van der Waals surface area contributed by atoms with E-state index < -0.39 is 10.0 Å². The van der Waals surface area contributed by atoms with Crippen molar-refractivity contribution in [2.45, 2.75) is 63.6 Å². The number of sulfonamides is 1. The molecule has 0 aromatic heterocycles. The van der Waals surface area contributed by atoms with Crippen LogP contribution >= 0.6 is 0 Å². The predicted molar refractivity (Wildman–Crippen MR) is 99.2 cm³/mol. The van der Waals surface area contributed by atoms with Crippen molar-refractivity contribution in [1.29, 1.82) is 0 Å². The first-order valence-corrected chi connectivity index (χ1v) is 10.7. The van der Waals surface area contributed by atoms with Crippen LogP contribution in [0, 0.1) is 0 Å². The molecule has 2 unspecified atom stereocenters. The maximum Gasteiger partial charge on any atom is 0.319 e. The Morgan fingerprint density at radius 1 is 1.12 bits per heavy atom. The number of fused-ring (bicyclic) bond motifs is 2. The van der Waals surface area contributed by atoms with Gasteiger partial charge in [-0.25, -0.2) is 13.2 Å². The van der Waals surface area contributed by atoms with Crippen LogP contribution in [-0.2, 0) is 10.0 Å². The number of amides is 2. The van der Waals surface area contributed by atoms with E-state index in [4.69, 9.17) is 0 Å². The quantitative estimate of drug-likeness (QED) is 0.861. The highest BCUT2D eigenvalue weighted by Crippen LogP contribution is 2.37. The number of piperidine rings is 1. The van der Waals surface area contributed by atoms with E-state index in [0.29, 0.717) is 18.8 Å². The number of urea groups is 1. The van der Waals surface area contributed by atoms with Crippen LogP contribution in [0.25, 0.3) is 0 Å². The van der Waals surface area contributed by atoms with E-state index in [0.717, 1.165) is 18.5 Å². The molecule has 2 atom stereocenters. The summed E-state index contributed by atoms with van der Waals surface area (Å²) in [6.45, 7) is 4.26. The zero-order valence-electron chi connectivity index (χ0n) is 15.0. The van der Waals surface area contributed by atoms with Gasteiger partial charge in [-0.15, -0.1) is 0 Å². The lowest BCUT2D eigenvalue weighted by Crippen LogP contribution is -2.52. The number of rotatable bonds is 4. The van der Waals surface area contributed by atoms with Crippen LogP contribution in [0.15, 0.2) is 24.3 Å². The van der Waals surface area contributed by atoms with E-state index in [1.807, 2.05) is 24.3 Å². The number of carbonyl (C=O) groups excluding carboxylic acids is 1. The Labute approximate surface area is 150 Å². The van der Waals surface area contributed by atoms with Gasteiger partial charge in [0.05, 0.1) is 6.26 Å². The molecule has 1 aromatic rings. The number of benzene rings is 1. The first kappa shape index (κ1) is 18.2. The molecule has 2 saturated heterocycles. The zero-order valence-corrected chi connectivity index (χ0v) is 15.8. The first-order valence-electron chi connectivity index (χ1n) is 8.90. The third-order valence-electron chi connectivity index (χ3n) is 5.22. The van der Waals surface area contributed by atoms with Gasteiger partial charge < -0.3 is 10.6 Å². The largest absolute Gasteiger partial charge is 0.335 e. The van der Waals surface area contributed by atoms with E-state index in [1.165, 1.54) is 11.8 Å². The highest BCUT2D eigenvalue weighted by Gasteiger charge is 2.45. The van der Waals surface area contributed by atoms with E-state index in [9.17, 15) is 13.2 Å². The molecule has 25 heavy (non-hydrogen) atoms. The second kappa shape index (κ2) is 6.96. The van der Waals surface area contributed by atoms with E-state index in [-0.39, 0.29) is 24.2 Å². The predicted octanol–water partition coefficient (Wildman–Crippen LogP) is 2.89. The molecular formula is C18H27N3O3S. The van der Waals surface area contributed by atoms with Gasteiger partial charge in [0.2, 0.25) is 10.0 Å². The summed E-state index contributed by atoms with van der Waals surface area (Å²) in [6.07, 6.45) is 4.41. The standard InChI is InChI=1S/C18H27N3O3S/c1-12(2)13-4-6-14(7-5-13)19-18(22)20-15-10-16-8-9-17(11-15)21(16)25(3,23)24/h4-7,12,15-17H,8-11H2,1-3H3,(H2,19,20,22). The van der Waals surface area contributed by atoms with E-state index >= 15 is 0 Å². The molecule has 2 amide bonds. The number of anilines is 1. The van der Waals surface area contributed by atoms with Gasteiger partial charge in [0.1, 0.15) is 0 Å². The number of carbonyl (C=O) groups is 1. The molecule has 7 heteroatoms. The van der Waals surface area contributed by atoms with Crippen LogP contribution in [0.3, 0.4) is 0 Å². The molecule has 1 aromatic carbocycles. The smallest absolute Gasteiger partial charge is 0.319 e. The Morgan fingerprint density at radius 2 is 1.68 bits per heavy atom. The van der Waals surface area contributed by atoms with Crippen molar-refractivity contribution >= 4 is 21.7 Å². The Morgan fingerprint density at radius 3 is 2.16 bits per heavy atom. The fourth-order valence-electron chi connectivity index (χ4n) is 4.10. The molecule has 0 saturated carbocycles. The average Bonchev–Trinajstić information content (AvgIpc) is 2.80. The molecule has 0 spiro atoms. The maximum atomic E-state index is 12.3. The van der Waals surface area contributed by atoms with Gasteiger partial charge in [-0.1, -0.05) is 26.0 Å². The molecule has 2 heterocycles. The van der Waals surface area contributed by atoms with Crippen molar-refractivity contribution in [2.75, 3.05) is 11.6 Å². The van der Waals surface area contributed by atoms with Crippen LogP contribution in [0.1, 0.15) is 51.0 Å². The van der Waals surface area contributed by atoms with Crippen LogP contribution in [0.5, 0.6) is 0 Å². The van der Waals surface area contributed by atoms with Crippen molar-refractivity contribution < 1.29 is 13.2 Å². The Balaban J connectivity index is 1.56. The van der Waals surface area contributed by atoms with Gasteiger partial charge in [0, 0.05) is 23.8 Å². The molecule has 138 valence electrons. The van der Waals surface area contributed by atoms with Gasteiger partial charge >= 0.3 is 6.03 Å². The summed E-state index contributed by atoms with van der Waals surface area (Å²) in [7, 11) is -3.17. The zero-order chi connectivity index (χ0) is 18.2. The minimum absolute atomic E-state index is 0.0179. The molecule has 2 fully saturated rings. The topological polar surface area (TPSA) is 78.5 Å². The average molecular weight is 365 g/mol. The molecule has 2 bridgehead atoms. The van der Waals surface area contributed by atoms with Crippen LogP contribution in [0.4, 0.5) is 10.5 Å². The minimum Gasteiger partial charge on any atom is -0.335 e. The minimum atomic E-state index is -3.17. The highest BCUT2D eigenvalue weighted by atomic mass is 32.2. The van der Waals surface area contributed by atoms with Crippen LogP contribution in [-0.4, -0.2) is 43.1 Å². The van der Waals surface area contributed by atoms with Gasteiger partial charge in [0.15, 0.2) is 0 Å². The van der Waals surface area contributed by atoms with Crippen LogP contribution < -0.4 is 10.6 Å². The highest BCUT2D eigenvalue weighted by molar-refractivity contribution is 7.88. The summed E-state index contributed by atoms with van der Waals surface area (Å²) in [5.74, 6) is 0.457. The summed E-state index contributed by atoms with van der Waals surface area (Å²) < 4.78 is 25.5. The third-order valence-corrected chi connectivity index (χ3v) is 6.58. The molecule has 2 aliphatic heterocycles. The second-order valence-corrected chi connectivity index (χ2v) is 9.41. The van der Waals surface area contributed by atoms with Crippen molar-refractivity contribution in [3.63, 3.8) is 0 Å². The van der Waals surface area contributed by atoms with Crippen LogP contribution in [0.2, 0.25) is 0 Å². The molecule has 0 aliphatic carbocycles. The number of hydrogen-bond acceptors (Lipinski definition) is 3. The fourth-order valence-corrected chi connectivity index (χ4v) is 5.56. The van der Waals surface area contributed by atoms with Crippen molar-refractivity contribution in [2.24, 2.45) is 0 Å². The van der Waals surface area contributed by atoms with Crippen molar-refractivity contribution in [3.8, 4) is 0 Å². The first-order chi connectivity index (χ1) is 11.7. The summed E-state index contributed by atoms with van der Waals surface area (Å²) >= 11 is 0. The maximum absolute atomic E-state index is 12.3. The molecule has 6 nitrogen and oxygen atoms in total. The van der Waals surface area contributed by atoms with E-state index in [1.54, 1.807) is 4.31 Å². The summed E-state index contributed by atoms with van der Waals surface area (Å²) in [5, 5.41) is 5.87. The molecule has 3 rings (SSSR count). The number of nitrogens with zero attached hydrogens (tertiary/aromatic N) is 1. The van der Waals surface area contributed by atoms with Gasteiger partial charge in [0.25, 0.3) is 0 Å². The summed E-state index contributed by atoms with van der Waals surface area (Å²) in [4.78, 5) is 12.3. The normalized spacial score (nSPS) is 26.6. The summed E-state index contributed by atoms with van der Waals surface area (Å²) in [5.41, 5.74) is 1.99. The Bertz CT molecular complexity index is 716. The number of hydrogen-bond donors (Lipinski definition) is 2. The number of nitrogens with one attached hydrogen (secondary N) is 2. The lowest BCUT2D eigenvalue weighted by molar-refractivity contribution is 0.204. The molecule has 0 radical (unpaired) electrons. The lowest BCUT2D eigenvalue weighted by atomic mass is 10.00. The molecule has 2 N–H and O–H groups in total. The van der Waals surface area contributed by atoms with Gasteiger partial charge in [-0.2, -0.15) is 4.31 Å². The second-order valence-electron chi connectivity index (χ2n) is 7.52. The van der Waals surface area contributed by atoms with Gasteiger partial charge in [-0.3, -0.25) is 0 Å². The Kier molecular flexibility index (Phi) is 5.06. The van der Waals surface area contributed by atoms with Crippen molar-refractivity contribution in [1.82, 2.24) is 9.62 Å². The lowest BCUT2D eigenvalue weighted by Gasteiger charge is -2.37. The van der Waals surface area contributed by atoms with E-state index in [2.05, 4.69) is 24.5 Å². The third kappa shape index (κ3) is 4.15. The Hall–Kier alpha value is -1.60. The van der Waals surface area contributed by atoms with Gasteiger partial charge in [-0.05, 0) is 49.3 Å². The molecule has 2 aliphatic rings. The summed E-state index contributed by atoms with van der Waals surface area (Å²) in [6, 6.07) is 7.68. The molecular weight excluding hydrogens is 338 g/mol. The SMILES string of the molecule is CC(C)c1ccc(NC(=O)NC2CC3CCC(C2)N3S(C)(=O)=O)cc1. The fraction of sp³-hybridized carbons (Fsp3) is 0.611.